The van der Waals surface area contributed by atoms with Crippen LogP contribution >= 0.6 is 0 Å². The summed E-state index contributed by atoms with van der Waals surface area (Å²) in [5, 5.41) is 2.32. The van der Waals surface area contributed by atoms with Crippen LogP contribution < -0.4 is 20.9 Å². The molecule has 4 aromatic carbocycles. The predicted octanol–water partition coefficient (Wildman–Crippen LogP) is 5.16. The lowest BCUT2D eigenvalue weighted by molar-refractivity contribution is 0.308. The number of fused-ring (bicyclic) bond motifs is 1. The average molecular weight is 370 g/mol. The fourth-order valence-electron chi connectivity index (χ4n) is 3.07. The van der Waals surface area contributed by atoms with E-state index in [1.54, 1.807) is 0 Å². The molecule has 0 atom stereocenters. The van der Waals surface area contributed by atoms with Crippen molar-refractivity contribution in [2.24, 2.45) is 0 Å². The molecule has 0 saturated carbocycles. The molecule has 4 aromatic rings. The topological polar surface area (TPSA) is 70.5 Å². The molecule has 0 fully saturated rings. The van der Waals surface area contributed by atoms with Gasteiger partial charge >= 0.3 is 0 Å². The van der Waals surface area contributed by atoms with Gasteiger partial charge in [-0.15, -0.1) is 0 Å². The van der Waals surface area contributed by atoms with Gasteiger partial charge in [0.1, 0.15) is 24.7 Å². The second-order valence-corrected chi connectivity index (χ2v) is 6.67. The largest absolute Gasteiger partial charge is 0.487 e. The van der Waals surface area contributed by atoms with E-state index in [9.17, 15) is 0 Å². The third kappa shape index (κ3) is 4.01. The Labute approximate surface area is 164 Å². The van der Waals surface area contributed by atoms with Crippen LogP contribution in [0.1, 0.15) is 11.1 Å². The minimum absolute atomic E-state index is 0.464. The zero-order valence-electron chi connectivity index (χ0n) is 15.5. The summed E-state index contributed by atoms with van der Waals surface area (Å²) in [4.78, 5) is 0. The van der Waals surface area contributed by atoms with Crippen LogP contribution in [0.3, 0.4) is 0 Å². The molecule has 0 amide bonds. The second-order valence-electron chi connectivity index (χ2n) is 6.67. The SMILES string of the molecule is Nc1ccccc1OCc1ccc2ccc(COc3ccccc3N)cc2c1. The summed E-state index contributed by atoms with van der Waals surface area (Å²) in [5.41, 5.74) is 15.3. The Balaban J connectivity index is 1.49. The number of ether oxygens (including phenoxy) is 2. The summed E-state index contributed by atoms with van der Waals surface area (Å²) in [6.45, 7) is 0.927. The standard InChI is InChI=1S/C24H22N2O2/c25-21-5-1-3-7-23(21)27-15-17-9-11-19-12-10-18(14-20(19)13-17)16-28-24-8-4-2-6-22(24)26/h1-14H,15-16,25-26H2. The van der Waals surface area contributed by atoms with E-state index in [2.05, 4.69) is 36.4 Å². The molecule has 4 nitrogen and oxygen atoms in total. The highest BCUT2D eigenvalue weighted by atomic mass is 16.5. The lowest BCUT2D eigenvalue weighted by Gasteiger charge is -2.11. The van der Waals surface area contributed by atoms with Gasteiger partial charge < -0.3 is 20.9 Å². The smallest absolute Gasteiger partial charge is 0.142 e. The van der Waals surface area contributed by atoms with Gasteiger partial charge in [-0.3, -0.25) is 0 Å². The highest BCUT2D eigenvalue weighted by molar-refractivity contribution is 5.83. The molecular weight excluding hydrogens is 348 g/mol. The van der Waals surface area contributed by atoms with Gasteiger partial charge in [0.2, 0.25) is 0 Å². The monoisotopic (exact) mass is 370 g/mol. The van der Waals surface area contributed by atoms with E-state index in [4.69, 9.17) is 20.9 Å². The third-order valence-electron chi connectivity index (χ3n) is 4.60. The summed E-state index contributed by atoms with van der Waals surface area (Å²) in [7, 11) is 0. The first-order chi connectivity index (χ1) is 13.7. The van der Waals surface area contributed by atoms with Crippen LogP contribution in [0, 0.1) is 0 Å². The normalized spacial score (nSPS) is 10.7. The average Bonchev–Trinajstić information content (AvgIpc) is 2.72. The molecule has 0 aromatic heterocycles. The fourth-order valence-corrected chi connectivity index (χ4v) is 3.07. The number of hydrogen-bond acceptors (Lipinski definition) is 4. The first kappa shape index (κ1) is 17.7. The maximum Gasteiger partial charge on any atom is 0.142 e. The Morgan fingerprint density at radius 1 is 0.536 bits per heavy atom. The Morgan fingerprint density at radius 3 is 1.46 bits per heavy atom. The first-order valence-corrected chi connectivity index (χ1v) is 9.15. The predicted molar refractivity (Wildman–Crippen MR) is 114 cm³/mol. The highest BCUT2D eigenvalue weighted by Crippen LogP contribution is 2.24. The van der Waals surface area contributed by atoms with Crippen molar-refractivity contribution in [2.45, 2.75) is 13.2 Å². The van der Waals surface area contributed by atoms with E-state index in [1.165, 1.54) is 5.39 Å². The highest BCUT2D eigenvalue weighted by Gasteiger charge is 2.04. The van der Waals surface area contributed by atoms with Crippen molar-refractivity contribution in [2.75, 3.05) is 11.5 Å². The molecule has 0 saturated heterocycles. The van der Waals surface area contributed by atoms with Gasteiger partial charge in [0.25, 0.3) is 0 Å². The summed E-state index contributed by atoms with van der Waals surface area (Å²) in [6.07, 6.45) is 0. The number of para-hydroxylation sites is 4. The molecule has 0 bridgehead atoms. The van der Waals surface area contributed by atoms with E-state index < -0.39 is 0 Å². The van der Waals surface area contributed by atoms with Crippen LogP contribution in [0.2, 0.25) is 0 Å². The molecule has 28 heavy (non-hydrogen) atoms. The third-order valence-corrected chi connectivity index (χ3v) is 4.60. The van der Waals surface area contributed by atoms with Crippen molar-refractivity contribution < 1.29 is 9.47 Å². The lowest BCUT2D eigenvalue weighted by atomic mass is 10.0. The van der Waals surface area contributed by atoms with Crippen molar-refractivity contribution in [3.63, 3.8) is 0 Å². The molecule has 0 heterocycles. The lowest BCUT2D eigenvalue weighted by Crippen LogP contribution is -1.99. The molecule has 0 unspecified atom stereocenters. The van der Waals surface area contributed by atoms with Crippen molar-refractivity contribution in [1.29, 1.82) is 0 Å². The minimum Gasteiger partial charge on any atom is -0.487 e. The first-order valence-electron chi connectivity index (χ1n) is 9.15. The number of nitrogens with two attached hydrogens (primary N) is 2. The molecule has 4 N–H and O–H groups in total. The Bertz CT molecular complexity index is 1020. The van der Waals surface area contributed by atoms with Crippen LogP contribution in [0.5, 0.6) is 11.5 Å². The quantitative estimate of drug-likeness (QED) is 0.460. The van der Waals surface area contributed by atoms with Crippen molar-refractivity contribution in [3.8, 4) is 11.5 Å². The van der Waals surface area contributed by atoms with E-state index in [-0.39, 0.29) is 0 Å². The van der Waals surface area contributed by atoms with Gasteiger partial charge in [-0.1, -0.05) is 48.5 Å². The van der Waals surface area contributed by atoms with E-state index in [1.807, 2.05) is 48.5 Å². The molecule has 0 spiro atoms. The Kier molecular flexibility index (Phi) is 5.02. The Morgan fingerprint density at radius 2 is 1.00 bits per heavy atom. The van der Waals surface area contributed by atoms with E-state index in [0.717, 1.165) is 16.5 Å². The fraction of sp³-hybridized carbons (Fsp3) is 0.0833. The maximum absolute atomic E-state index is 5.94. The van der Waals surface area contributed by atoms with Crippen LogP contribution in [-0.4, -0.2) is 0 Å². The second kappa shape index (κ2) is 7.92. The summed E-state index contributed by atoms with van der Waals surface area (Å²) < 4.78 is 11.7. The summed E-state index contributed by atoms with van der Waals surface area (Å²) >= 11 is 0. The summed E-state index contributed by atoms with van der Waals surface area (Å²) in [5.74, 6) is 1.40. The molecule has 0 radical (unpaired) electrons. The van der Waals surface area contributed by atoms with E-state index >= 15 is 0 Å². The maximum atomic E-state index is 5.94. The molecular formula is C24H22N2O2. The molecule has 0 aliphatic rings. The zero-order valence-corrected chi connectivity index (χ0v) is 15.5. The van der Waals surface area contributed by atoms with Gasteiger partial charge in [0.15, 0.2) is 0 Å². The Hall–Kier alpha value is -3.66. The summed E-state index contributed by atoms with van der Waals surface area (Å²) in [6, 6.07) is 27.6. The van der Waals surface area contributed by atoms with Gasteiger partial charge in [-0.25, -0.2) is 0 Å². The zero-order chi connectivity index (χ0) is 19.3. The van der Waals surface area contributed by atoms with Gasteiger partial charge in [-0.05, 0) is 58.3 Å². The number of nitrogen functional groups attached to an aromatic ring is 2. The van der Waals surface area contributed by atoms with Crippen LogP contribution in [0.25, 0.3) is 10.8 Å². The number of rotatable bonds is 6. The number of anilines is 2. The molecule has 140 valence electrons. The molecule has 4 heteroatoms. The van der Waals surface area contributed by atoms with Gasteiger partial charge in [0.05, 0.1) is 11.4 Å². The van der Waals surface area contributed by atoms with Crippen molar-refractivity contribution in [1.82, 2.24) is 0 Å². The molecule has 0 aliphatic heterocycles. The van der Waals surface area contributed by atoms with Crippen LogP contribution in [0.4, 0.5) is 11.4 Å². The van der Waals surface area contributed by atoms with E-state index in [0.29, 0.717) is 36.1 Å². The minimum atomic E-state index is 0.464. The van der Waals surface area contributed by atoms with Gasteiger partial charge in [-0.2, -0.15) is 0 Å². The van der Waals surface area contributed by atoms with Crippen LogP contribution in [0.15, 0.2) is 84.9 Å². The van der Waals surface area contributed by atoms with Crippen LogP contribution in [-0.2, 0) is 13.2 Å². The van der Waals surface area contributed by atoms with Crippen molar-refractivity contribution >= 4 is 22.1 Å². The number of benzene rings is 4. The molecule has 4 rings (SSSR count). The number of hydrogen-bond donors (Lipinski definition) is 2. The van der Waals surface area contributed by atoms with Gasteiger partial charge in [0, 0.05) is 0 Å². The van der Waals surface area contributed by atoms with Crippen molar-refractivity contribution in [3.05, 3.63) is 96.1 Å². The molecule has 0 aliphatic carbocycles.